The van der Waals surface area contributed by atoms with Gasteiger partial charge < -0.3 is 19.5 Å². The molecule has 1 saturated carbocycles. The first-order valence-corrected chi connectivity index (χ1v) is 10.1. The first-order valence-electron chi connectivity index (χ1n) is 10.1. The predicted molar refractivity (Wildman–Crippen MR) is 105 cm³/mol. The number of benzene rings is 1. The van der Waals surface area contributed by atoms with Crippen LogP contribution in [0.5, 0.6) is 11.5 Å². The molecule has 0 unspecified atom stereocenters. The van der Waals surface area contributed by atoms with E-state index in [0.717, 1.165) is 29.9 Å². The van der Waals surface area contributed by atoms with E-state index in [1.807, 2.05) is 13.8 Å². The molecule has 0 radical (unpaired) electrons. The number of carbonyl (C=O) groups is 3. The fraction of sp³-hybridized carbons (Fsp3) is 0.571. The molecule has 3 rings (SSSR count). The maximum Gasteiger partial charge on any atom is 0.326 e. The summed E-state index contributed by atoms with van der Waals surface area (Å²) in [6.07, 6.45) is 3.42. The highest BCUT2D eigenvalue weighted by Crippen LogP contribution is 2.38. The molecule has 1 aromatic carbocycles. The molecule has 1 saturated heterocycles. The fourth-order valence-electron chi connectivity index (χ4n) is 3.93. The van der Waals surface area contributed by atoms with Gasteiger partial charge in [0.05, 0.1) is 6.61 Å². The topological polar surface area (TPSA) is 94.2 Å². The maximum atomic E-state index is 12.8. The number of amides is 3. The van der Waals surface area contributed by atoms with Crippen molar-refractivity contribution < 1.29 is 28.6 Å². The van der Waals surface area contributed by atoms with Crippen molar-refractivity contribution in [3.8, 4) is 11.5 Å². The molecule has 29 heavy (non-hydrogen) atoms. The Hall–Kier alpha value is -2.77. The summed E-state index contributed by atoms with van der Waals surface area (Å²) in [4.78, 5) is 38.2. The first-order chi connectivity index (χ1) is 14.0. The van der Waals surface area contributed by atoms with Gasteiger partial charge in [-0.2, -0.15) is 0 Å². The van der Waals surface area contributed by atoms with Crippen molar-refractivity contribution in [1.29, 1.82) is 0 Å². The normalized spacial score (nSPS) is 23.8. The molecule has 1 spiro atoms. The van der Waals surface area contributed by atoms with Gasteiger partial charge in [0.15, 0.2) is 0 Å². The van der Waals surface area contributed by atoms with Crippen LogP contribution in [-0.2, 0) is 14.3 Å². The summed E-state index contributed by atoms with van der Waals surface area (Å²) in [6.45, 7) is 4.28. The van der Waals surface area contributed by atoms with E-state index >= 15 is 0 Å². The lowest BCUT2D eigenvalue weighted by atomic mass is 9.73. The number of nitrogens with one attached hydrogen (secondary N) is 1. The van der Waals surface area contributed by atoms with Crippen molar-refractivity contribution in [1.82, 2.24) is 10.2 Å². The highest BCUT2D eigenvalue weighted by molar-refractivity contribution is 6.08. The van der Waals surface area contributed by atoms with E-state index in [0.29, 0.717) is 18.8 Å². The van der Waals surface area contributed by atoms with Gasteiger partial charge >= 0.3 is 12.0 Å². The molecule has 3 amide bonds. The molecule has 158 valence electrons. The van der Waals surface area contributed by atoms with E-state index < -0.39 is 17.5 Å². The molecule has 8 nitrogen and oxygen atoms in total. The van der Waals surface area contributed by atoms with Gasteiger partial charge in [-0.25, -0.2) is 4.79 Å². The largest absolute Gasteiger partial charge is 0.494 e. The molecule has 2 aliphatic rings. The summed E-state index contributed by atoms with van der Waals surface area (Å²) in [5.41, 5.74) is -0.869. The average Bonchev–Trinajstić information content (AvgIpc) is 2.94. The van der Waals surface area contributed by atoms with Crippen molar-refractivity contribution in [3.63, 3.8) is 0 Å². The van der Waals surface area contributed by atoms with Crippen LogP contribution in [0.1, 0.15) is 39.5 Å². The molecule has 1 heterocycles. The number of hydrogen-bond acceptors (Lipinski definition) is 6. The quantitative estimate of drug-likeness (QED) is 0.406. The van der Waals surface area contributed by atoms with Crippen molar-refractivity contribution in [2.45, 2.75) is 45.1 Å². The zero-order chi connectivity index (χ0) is 20.9. The number of imide groups is 1. The molecule has 1 N–H and O–H groups in total. The number of carbonyl (C=O) groups excluding carboxylic acids is 3. The SMILES string of the molecule is CCOc1ccc(OCCOC(=O)CN2C(=O)N[C@@]3(CCCC[C@@H]3C)C2=O)cc1. The second-order valence-electron chi connectivity index (χ2n) is 7.41. The molecule has 1 aliphatic heterocycles. The van der Waals surface area contributed by atoms with E-state index in [1.54, 1.807) is 24.3 Å². The van der Waals surface area contributed by atoms with Gasteiger partial charge in [0, 0.05) is 0 Å². The lowest BCUT2D eigenvalue weighted by molar-refractivity contribution is -0.149. The second-order valence-corrected chi connectivity index (χ2v) is 7.41. The molecule has 1 aliphatic carbocycles. The molecule has 0 bridgehead atoms. The number of ether oxygens (including phenoxy) is 3. The van der Waals surface area contributed by atoms with Crippen LogP contribution in [0.4, 0.5) is 4.79 Å². The Labute approximate surface area is 170 Å². The minimum Gasteiger partial charge on any atom is -0.494 e. The Balaban J connectivity index is 1.43. The van der Waals surface area contributed by atoms with Crippen LogP contribution in [0.25, 0.3) is 0 Å². The summed E-state index contributed by atoms with van der Waals surface area (Å²) in [6, 6.07) is 6.61. The lowest BCUT2D eigenvalue weighted by Crippen LogP contribution is -2.54. The maximum absolute atomic E-state index is 12.8. The third-order valence-electron chi connectivity index (χ3n) is 5.54. The van der Waals surface area contributed by atoms with Gasteiger partial charge in [0.1, 0.15) is 36.8 Å². The van der Waals surface area contributed by atoms with Gasteiger partial charge in [0.25, 0.3) is 5.91 Å². The summed E-state index contributed by atoms with van der Waals surface area (Å²) in [7, 11) is 0. The molecule has 2 atom stereocenters. The fourth-order valence-corrected chi connectivity index (χ4v) is 3.93. The Bertz CT molecular complexity index is 750. The van der Waals surface area contributed by atoms with Crippen LogP contribution in [0.2, 0.25) is 0 Å². The Morgan fingerprint density at radius 3 is 2.48 bits per heavy atom. The number of esters is 1. The summed E-state index contributed by atoms with van der Waals surface area (Å²) in [5, 5.41) is 2.82. The van der Waals surface area contributed by atoms with Gasteiger partial charge in [-0.1, -0.05) is 19.8 Å². The smallest absolute Gasteiger partial charge is 0.326 e. The predicted octanol–water partition coefficient (Wildman–Crippen LogP) is 2.51. The average molecular weight is 404 g/mol. The minimum absolute atomic E-state index is 0.0250. The van der Waals surface area contributed by atoms with Crippen LogP contribution in [0.3, 0.4) is 0 Å². The summed E-state index contributed by atoms with van der Waals surface area (Å²) < 4.78 is 16.0. The van der Waals surface area contributed by atoms with Crippen molar-refractivity contribution in [2.75, 3.05) is 26.4 Å². The molecule has 1 aromatic rings. The highest BCUT2D eigenvalue weighted by atomic mass is 16.6. The van der Waals surface area contributed by atoms with Crippen molar-refractivity contribution >= 4 is 17.9 Å². The number of hydrogen-bond donors (Lipinski definition) is 1. The third kappa shape index (κ3) is 4.63. The Kier molecular flexibility index (Phi) is 6.61. The van der Waals surface area contributed by atoms with E-state index in [1.165, 1.54) is 0 Å². The number of nitrogens with zero attached hydrogens (tertiary/aromatic N) is 1. The van der Waals surface area contributed by atoms with E-state index in [-0.39, 0.29) is 31.6 Å². The molecular formula is C21H28N2O6. The second kappa shape index (κ2) is 9.15. The Morgan fingerprint density at radius 1 is 1.14 bits per heavy atom. The first kappa shape index (κ1) is 21.0. The van der Waals surface area contributed by atoms with Gasteiger partial charge in [0.2, 0.25) is 0 Å². The van der Waals surface area contributed by atoms with Crippen LogP contribution >= 0.6 is 0 Å². The monoisotopic (exact) mass is 404 g/mol. The standard InChI is InChI=1S/C21H28N2O6/c1-3-27-16-7-9-17(10-8-16)28-12-13-29-18(24)14-23-19(25)21(22-20(23)26)11-5-4-6-15(21)2/h7-10,15H,3-6,11-14H2,1-2H3,(H,22,26)/t15-,21+/m0/s1. The third-order valence-corrected chi connectivity index (χ3v) is 5.54. The number of urea groups is 1. The van der Waals surface area contributed by atoms with Gasteiger partial charge in [-0.05, 0) is 49.9 Å². The molecular weight excluding hydrogens is 376 g/mol. The van der Waals surface area contributed by atoms with E-state index in [4.69, 9.17) is 14.2 Å². The van der Waals surface area contributed by atoms with Crippen LogP contribution < -0.4 is 14.8 Å². The van der Waals surface area contributed by atoms with Gasteiger partial charge in [-0.3, -0.25) is 14.5 Å². The van der Waals surface area contributed by atoms with Crippen LogP contribution in [0.15, 0.2) is 24.3 Å². The summed E-state index contributed by atoms with van der Waals surface area (Å²) >= 11 is 0. The van der Waals surface area contributed by atoms with Crippen molar-refractivity contribution in [3.05, 3.63) is 24.3 Å². The number of rotatable bonds is 8. The van der Waals surface area contributed by atoms with E-state index in [9.17, 15) is 14.4 Å². The van der Waals surface area contributed by atoms with E-state index in [2.05, 4.69) is 5.32 Å². The summed E-state index contributed by atoms with van der Waals surface area (Å²) in [5.74, 6) is 0.481. The minimum atomic E-state index is -0.869. The molecule has 8 heteroatoms. The molecule has 0 aromatic heterocycles. The Morgan fingerprint density at radius 2 is 1.83 bits per heavy atom. The van der Waals surface area contributed by atoms with Crippen molar-refractivity contribution in [2.24, 2.45) is 5.92 Å². The molecule has 2 fully saturated rings. The zero-order valence-electron chi connectivity index (χ0n) is 16.9. The van der Waals surface area contributed by atoms with Gasteiger partial charge in [-0.15, -0.1) is 0 Å². The highest BCUT2D eigenvalue weighted by Gasteiger charge is 2.55. The zero-order valence-corrected chi connectivity index (χ0v) is 16.9. The van der Waals surface area contributed by atoms with Crippen LogP contribution in [-0.4, -0.2) is 54.7 Å². The lowest BCUT2D eigenvalue weighted by Gasteiger charge is -2.36. The van der Waals surface area contributed by atoms with Crippen LogP contribution in [0, 0.1) is 5.92 Å².